The highest BCUT2D eigenvalue weighted by atomic mass is 32.2. The lowest BCUT2D eigenvalue weighted by molar-refractivity contribution is -0.307. The Balaban J connectivity index is 1.85. The first-order chi connectivity index (χ1) is 12.5. The standard InChI is InChI=1S/C18H12FNO4S2/c19-13-6-1-2-7-14(13)20-17(23)15(26-18(20)25)9-11-4-3-5-12(8-11)24-10-16(21)22/h1-9H,10H2,(H,21,22)/p-1/b15-9-. The van der Waals surface area contributed by atoms with Gasteiger partial charge in [-0.05, 0) is 35.9 Å². The number of amides is 1. The minimum Gasteiger partial charge on any atom is -0.546 e. The van der Waals surface area contributed by atoms with Crippen molar-refractivity contribution in [3.8, 4) is 5.75 Å². The molecule has 1 fully saturated rings. The lowest BCUT2D eigenvalue weighted by Crippen LogP contribution is -2.28. The minimum absolute atomic E-state index is 0.101. The van der Waals surface area contributed by atoms with E-state index in [-0.39, 0.29) is 10.0 Å². The van der Waals surface area contributed by atoms with E-state index in [0.717, 1.165) is 16.7 Å². The lowest BCUT2D eigenvalue weighted by atomic mass is 10.2. The first-order valence-electron chi connectivity index (χ1n) is 7.41. The first-order valence-corrected chi connectivity index (χ1v) is 8.63. The van der Waals surface area contributed by atoms with Gasteiger partial charge in [-0.2, -0.15) is 0 Å². The molecular formula is C18H11FNO4S2-. The molecule has 3 rings (SSSR count). The Kier molecular flexibility index (Phi) is 5.34. The van der Waals surface area contributed by atoms with E-state index >= 15 is 0 Å². The number of thiocarbonyl (C=S) groups is 1. The number of anilines is 1. The maximum absolute atomic E-state index is 14.0. The van der Waals surface area contributed by atoms with Crippen LogP contribution >= 0.6 is 24.0 Å². The molecule has 1 aliphatic rings. The summed E-state index contributed by atoms with van der Waals surface area (Å²) >= 11 is 6.27. The Bertz CT molecular complexity index is 929. The minimum atomic E-state index is -1.33. The number of halogens is 1. The van der Waals surface area contributed by atoms with Gasteiger partial charge in [0.25, 0.3) is 5.91 Å². The van der Waals surface area contributed by atoms with Crippen LogP contribution in [0.4, 0.5) is 10.1 Å². The van der Waals surface area contributed by atoms with E-state index in [0.29, 0.717) is 16.2 Å². The van der Waals surface area contributed by atoms with E-state index in [9.17, 15) is 19.1 Å². The number of rotatable bonds is 5. The topological polar surface area (TPSA) is 69.7 Å². The molecule has 1 heterocycles. The second-order valence-corrected chi connectivity index (χ2v) is 6.88. The predicted molar refractivity (Wildman–Crippen MR) is 99.0 cm³/mol. The maximum atomic E-state index is 14.0. The van der Waals surface area contributed by atoms with Crippen LogP contribution in [0.25, 0.3) is 6.08 Å². The van der Waals surface area contributed by atoms with Crippen LogP contribution in [0.2, 0.25) is 0 Å². The number of ether oxygens (including phenoxy) is 1. The maximum Gasteiger partial charge on any atom is 0.270 e. The van der Waals surface area contributed by atoms with Gasteiger partial charge < -0.3 is 14.6 Å². The highest BCUT2D eigenvalue weighted by molar-refractivity contribution is 8.27. The summed E-state index contributed by atoms with van der Waals surface area (Å²) in [7, 11) is 0. The molecule has 2 aromatic carbocycles. The highest BCUT2D eigenvalue weighted by Crippen LogP contribution is 2.37. The number of hydrogen-bond acceptors (Lipinski definition) is 6. The number of benzene rings is 2. The number of thioether (sulfide) groups is 1. The van der Waals surface area contributed by atoms with Crippen molar-refractivity contribution in [2.24, 2.45) is 0 Å². The van der Waals surface area contributed by atoms with Crippen molar-refractivity contribution in [1.29, 1.82) is 0 Å². The van der Waals surface area contributed by atoms with Crippen molar-refractivity contribution in [3.63, 3.8) is 0 Å². The van der Waals surface area contributed by atoms with Crippen LogP contribution in [0, 0.1) is 5.82 Å². The predicted octanol–water partition coefficient (Wildman–Crippen LogP) is 2.36. The molecule has 26 heavy (non-hydrogen) atoms. The van der Waals surface area contributed by atoms with Crippen LogP contribution in [-0.4, -0.2) is 22.8 Å². The monoisotopic (exact) mass is 388 g/mol. The third kappa shape index (κ3) is 3.92. The number of aliphatic carboxylic acids is 1. The van der Waals surface area contributed by atoms with Crippen molar-refractivity contribution in [2.75, 3.05) is 11.5 Å². The third-order valence-corrected chi connectivity index (χ3v) is 4.70. The van der Waals surface area contributed by atoms with Crippen molar-refractivity contribution >= 4 is 51.9 Å². The summed E-state index contributed by atoms with van der Waals surface area (Å²) in [5, 5.41) is 10.5. The normalized spacial score (nSPS) is 15.6. The average Bonchev–Trinajstić information content (AvgIpc) is 2.88. The molecule has 1 aliphatic heterocycles. The Morgan fingerprint density at radius 1 is 1.27 bits per heavy atom. The molecule has 0 radical (unpaired) electrons. The molecule has 8 heteroatoms. The fourth-order valence-corrected chi connectivity index (χ4v) is 3.58. The molecule has 0 saturated carbocycles. The van der Waals surface area contributed by atoms with Crippen molar-refractivity contribution < 1.29 is 23.8 Å². The number of carbonyl (C=O) groups is 2. The molecule has 1 saturated heterocycles. The smallest absolute Gasteiger partial charge is 0.270 e. The number of nitrogens with zero attached hydrogens (tertiary/aromatic N) is 1. The number of hydrogen-bond donors (Lipinski definition) is 0. The zero-order chi connectivity index (χ0) is 18.7. The molecule has 5 nitrogen and oxygen atoms in total. The number of para-hydroxylation sites is 1. The summed E-state index contributed by atoms with van der Waals surface area (Å²) in [5.74, 6) is -1.97. The van der Waals surface area contributed by atoms with Gasteiger partial charge in [0.05, 0.1) is 16.6 Å². The second kappa shape index (κ2) is 7.67. The molecule has 0 aliphatic carbocycles. The second-order valence-electron chi connectivity index (χ2n) is 5.20. The van der Waals surface area contributed by atoms with Crippen LogP contribution in [0.5, 0.6) is 5.75 Å². The van der Waals surface area contributed by atoms with Crippen molar-refractivity contribution in [2.45, 2.75) is 0 Å². The van der Waals surface area contributed by atoms with Gasteiger partial charge in [-0.15, -0.1) is 0 Å². The highest BCUT2D eigenvalue weighted by Gasteiger charge is 2.34. The number of carboxylic acids is 1. The summed E-state index contributed by atoms with van der Waals surface area (Å²) in [4.78, 5) is 24.6. The molecule has 0 spiro atoms. The van der Waals surface area contributed by atoms with E-state index in [2.05, 4.69) is 0 Å². The van der Waals surface area contributed by atoms with Gasteiger partial charge in [-0.1, -0.05) is 48.2 Å². The van der Waals surface area contributed by atoms with Crippen molar-refractivity contribution in [1.82, 2.24) is 0 Å². The van der Waals surface area contributed by atoms with Gasteiger partial charge in [-0.3, -0.25) is 9.69 Å². The zero-order valence-electron chi connectivity index (χ0n) is 13.2. The molecule has 2 aromatic rings. The molecular weight excluding hydrogens is 377 g/mol. The molecule has 0 atom stereocenters. The van der Waals surface area contributed by atoms with Crippen LogP contribution in [-0.2, 0) is 9.59 Å². The van der Waals surface area contributed by atoms with E-state index in [1.807, 2.05) is 0 Å². The van der Waals surface area contributed by atoms with Crippen LogP contribution in [0.3, 0.4) is 0 Å². The Hall–Kier alpha value is -2.71. The Morgan fingerprint density at radius 3 is 2.77 bits per heavy atom. The van der Waals surface area contributed by atoms with E-state index in [1.165, 1.54) is 18.2 Å². The van der Waals surface area contributed by atoms with Gasteiger partial charge in [0, 0.05) is 0 Å². The zero-order valence-corrected chi connectivity index (χ0v) is 14.8. The molecule has 0 aromatic heterocycles. The number of carbonyl (C=O) groups excluding carboxylic acids is 2. The quantitative estimate of drug-likeness (QED) is 0.579. The van der Waals surface area contributed by atoms with Crippen LogP contribution in [0.1, 0.15) is 5.56 Å². The largest absolute Gasteiger partial charge is 0.546 e. The fraction of sp³-hybridized carbons (Fsp3) is 0.0556. The van der Waals surface area contributed by atoms with Gasteiger partial charge in [0.15, 0.2) is 4.32 Å². The van der Waals surface area contributed by atoms with Gasteiger partial charge >= 0.3 is 0 Å². The van der Waals surface area contributed by atoms with Crippen LogP contribution < -0.4 is 14.7 Å². The summed E-state index contributed by atoms with van der Waals surface area (Å²) in [6.07, 6.45) is 1.59. The third-order valence-electron chi connectivity index (χ3n) is 3.40. The molecule has 0 bridgehead atoms. The van der Waals surface area contributed by atoms with Gasteiger partial charge in [-0.25, -0.2) is 4.39 Å². The summed E-state index contributed by atoms with van der Waals surface area (Å²) < 4.78 is 19.3. The first kappa shape index (κ1) is 18.1. The molecule has 132 valence electrons. The van der Waals surface area contributed by atoms with E-state index < -0.39 is 24.3 Å². The van der Waals surface area contributed by atoms with E-state index in [1.54, 1.807) is 36.4 Å². The average molecular weight is 388 g/mol. The Labute approximate surface area is 158 Å². The SMILES string of the molecule is O=C([O-])COc1cccc(/C=C2\SC(=S)N(c3ccccc3F)C2=O)c1. The fourth-order valence-electron chi connectivity index (χ4n) is 2.30. The molecule has 0 N–H and O–H groups in total. The van der Waals surface area contributed by atoms with Crippen LogP contribution in [0.15, 0.2) is 53.4 Å². The molecule has 1 amide bonds. The van der Waals surface area contributed by atoms with Gasteiger partial charge in [0.1, 0.15) is 18.2 Å². The number of carboxylic acid groups (broad SMARTS) is 1. The van der Waals surface area contributed by atoms with Crippen molar-refractivity contribution in [3.05, 3.63) is 64.8 Å². The lowest BCUT2D eigenvalue weighted by Gasteiger charge is -2.14. The van der Waals surface area contributed by atoms with E-state index in [4.69, 9.17) is 17.0 Å². The summed E-state index contributed by atoms with van der Waals surface area (Å²) in [6, 6.07) is 12.5. The summed E-state index contributed by atoms with van der Waals surface area (Å²) in [5.41, 5.74) is 0.722. The van der Waals surface area contributed by atoms with Gasteiger partial charge in [0.2, 0.25) is 0 Å². The summed E-state index contributed by atoms with van der Waals surface area (Å²) in [6.45, 7) is -0.571. The Morgan fingerprint density at radius 2 is 2.04 bits per heavy atom. The molecule has 0 unspecified atom stereocenters.